The molecule has 0 radical (unpaired) electrons. The number of carbonyl (C=O) groups excluding carboxylic acids is 3. The molecule has 1 amide bonds. The summed E-state index contributed by atoms with van der Waals surface area (Å²) in [6, 6.07) is 6.50. The fraction of sp³-hybridized carbons (Fsp3) is 0.278. The van der Waals surface area contributed by atoms with Gasteiger partial charge in [0.1, 0.15) is 0 Å². The van der Waals surface area contributed by atoms with E-state index in [1.807, 2.05) is 0 Å². The monoisotopic (exact) mass is 379 g/mol. The van der Waals surface area contributed by atoms with Crippen LogP contribution in [-0.2, 0) is 34.7 Å². The maximum atomic E-state index is 12.5. The SMILES string of the molecule is CCOC(=O)/C=C(/C)N(C(C)=O)c1ccccc1S(=O)/C=C/C(=O)OC. The summed E-state index contributed by atoms with van der Waals surface area (Å²) in [5.41, 5.74) is 0.656. The topological polar surface area (TPSA) is 90.0 Å². The number of allylic oxidation sites excluding steroid dienone is 1. The highest BCUT2D eigenvalue weighted by atomic mass is 32.2. The Balaban J connectivity index is 3.32. The van der Waals surface area contributed by atoms with Gasteiger partial charge in [-0.1, -0.05) is 12.1 Å². The van der Waals surface area contributed by atoms with Gasteiger partial charge in [-0.2, -0.15) is 0 Å². The number of carbonyl (C=O) groups is 3. The molecule has 0 saturated heterocycles. The van der Waals surface area contributed by atoms with Crippen LogP contribution in [0.4, 0.5) is 5.69 Å². The number of ether oxygens (including phenoxy) is 2. The number of anilines is 1. The standard InChI is InChI=1S/C18H21NO6S/c1-5-25-18(22)12-13(2)19(14(3)20)15-8-6-7-9-16(15)26(23)11-10-17(21)24-4/h6-12H,5H2,1-4H3/b11-10+,13-12-. The summed E-state index contributed by atoms with van der Waals surface area (Å²) in [4.78, 5) is 36.6. The van der Waals surface area contributed by atoms with Gasteiger partial charge in [0.15, 0.2) is 0 Å². The molecule has 0 aliphatic rings. The van der Waals surface area contributed by atoms with E-state index in [0.717, 1.165) is 6.08 Å². The summed E-state index contributed by atoms with van der Waals surface area (Å²) in [7, 11) is -0.493. The summed E-state index contributed by atoms with van der Waals surface area (Å²) in [6.07, 6.45) is 2.24. The quantitative estimate of drug-likeness (QED) is 0.533. The molecule has 1 unspecified atom stereocenters. The predicted molar refractivity (Wildman–Crippen MR) is 97.6 cm³/mol. The number of esters is 2. The van der Waals surface area contributed by atoms with Gasteiger partial charge in [0.25, 0.3) is 0 Å². The molecule has 140 valence electrons. The fourth-order valence-corrected chi connectivity index (χ4v) is 3.06. The van der Waals surface area contributed by atoms with Crippen LogP contribution in [-0.4, -0.2) is 35.8 Å². The number of methoxy groups -OCH3 is 1. The molecular formula is C18H21NO6S. The van der Waals surface area contributed by atoms with Crippen molar-refractivity contribution in [3.8, 4) is 0 Å². The molecular weight excluding hydrogens is 358 g/mol. The summed E-state index contributed by atoms with van der Waals surface area (Å²) in [5.74, 6) is -1.59. The fourth-order valence-electron chi connectivity index (χ4n) is 2.10. The van der Waals surface area contributed by atoms with Gasteiger partial charge in [-0.15, -0.1) is 0 Å². The first kappa shape index (κ1) is 21.3. The minimum Gasteiger partial charge on any atom is -0.466 e. The molecule has 0 bridgehead atoms. The van der Waals surface area contributed by atoms with E-state index in [2.05, 4.69) is 4.74 Å². The van der Waals surface area contributed by atoms with Crippen molar-refractivity contribution >= 4 is 34.3 Å². The van der Waals surface area contributed by atoms with Crippen LogP contribution in [0.3, 0.4) is 0 Å². The van der Waals surface area contributed by atoms with Crippen molar-refractivity contribution in [2.45, 2.75) is 25.7 Å². The first-order valence-electron chi connectivity index (χ1n) is 7.73. The van der Waals surface area contributed by atoms with Gasteiger partial charge < -0.3 is 9.47 Å². The zero-order valence-electron chi connectivity index (χ0n) is 15.1. The smallest absolute Gasteiger partial charge is 0.332 e. The first-order chi connectivity index (χ1) is 12.3. The second-order valence-electron chi connectivity index (χ2n) is 4.98. The summed E-state index contributed by atoms with van der Waals surface area (Å²) >= 11 is 0. The molecule has 26 heavy (non-hydrogen) atoms. The number of benzene rings is 1. The molecule has 0 heterocycles. The Morgan fingerprint density at radius 3 is 2.38 bits per heavy atom. The van der Waals surface area contributed by atoms with Crippen molar-refractivity contribution in [1.29, 1.82) is 0 Å². The lowest BCUT2D eigenvalue weighted by molar-refractivity contribution is -0.137. The number of hydrogen-bond donors (Lipinski definition) is 0. The molecule has 1 aromatic carbocycles. The lowest BCUT2D eigenvalue weighted by Gasteiger charge is -2.23. The zero-order chi connectivity index (χ0) is 19.7. The maximum absolute atomic E-state index is 12.5. The van der Waals surface area contributed by atoms with Crippen LogP contribution in [0.2, 0.25) is 0 Å². The van der Waals surface area contributed by atoms with E-state index in [4.69, 9.17) is 4.74 Å². The van der Waals surface area contributed by atoms with Gasteiger partial charge in [0.05, 0.1) is 35.1 Å². The Kier molecular flexibility index (Phi) is 8.44. The van der Waals surface area contributed by atoms with Crippen molar-refractivity contribution in [2.75, 3.05) is 18.6 Å². The Hall–Kier alpha value is -2.74. The Morgan fingerprint density at radius 1 is 1.15 bits per heavy atom. The number of amides is 1. The lowest BCUT2D eigenvalue weighted by Crippen LogP contribution is -2.28. The van der Waals surface area contributed by atoms with E-state index < -0.39 is 22.7 Å². The first-order valence-corrected chi connectivity index (χ1v) is 8.94. The van der Waals surface area contributed by atoms with Crippen LogP contribution >= 0.6 is 0 Å². The minimum atomic E-state index is -1.71. The molecule has 0 N–H and O–H groups in total. The summed E-state index contributed by atoms with van der Waals surface area (Å²) in [5, 5.41) is 1.17. The van der Waals surface area contributed by atoms with Gasteiger partial charge in [-0.3, -0.25) is 9.69 Å². The van der Waals surface area contributed by atoms with Crippen molar-refractivity contribution in [2.24, 2.45) is 0 Å². The van der Waals surface area contributed by atoms with Gasteiger partial charge in [0.2, 0.25) is 5.91 Å². The molecule has 1 aromatic rings. The third-order valence-corrected chi connectivity index (χ3v) is 4.29. The third kappa shape index (κ3) is 5.96. The Labute approximate surface area is 154 Å². The van der Waals surface area contributed by atoms with Crippen LogP contribution < -0.4 is 4.90 Å². The van der Waals surface area contributed by atoms with Crippen LogP contribution in [0.25, 0.3) is 0 Å². The molecule has 0 fully saturated rings. The molecule has 7 nitrogen and oxygen atoms in total. The van der Waals surface area contributed by atoms with E-state index in [1.165, 1.54) is 30.4 Å². The largest absolute Gasteiger partial charge is 0.466 e. The normalized spacial score (nSPS) is 12.5. The minimum absolute atomic E-state index is 0.210. The molecule has 0 spiro atoms. The summed E-state index contributed by atoms with van der Waals surface area (Å²) in [6.45, 7) is 4.78. The van der Waals surface area contributed by atoms with E-state index in [0.29, 0.717) is 16.3 Å². The van der Waals surface area contributed by atoms with Crippen molar-refractivity contribution in [3.05, 3.63) is 47.5 Å². The highest BCUT2D eigenvalue weighted by Gasteiger charge is 2.20. The average Bonchev–Trinajstić information content (AvgIpc) is 2.59. The second-order valence-corrected chi connectivity index (χ2v) is 6.29. The number of para-hydroxylation sites is 1. The van der Waals surface area contributed by atoms with Crippen LogP contribution in [0, 0.1) is 0 Å². The van der Waals surface area contributed by atoms with Crippen molar-refractivity contribution in [1.82, 2.24) is 0 Å². The number of nitrogens with zero attached hydrogens (tertiary/aromatic N) is 1. The van der Waals surface area contributed by atoms with Gasteiger partial charge >= 0.3 is 11.9 Å². The molecule has 0 saturated carbocycles. The van der Waals surface area contributed by atoms with Gasteiger partial charge in [0, 0.05) is 30.2 Å². The molecule has 1 rings (SSSR count). The molecule has 0 aliphatic heterocycles. The summed E-state index contributed by atoms with van der Waals surface area (Å²) < 4.78 is 21.9. The highest BCUT2D eigenvalue weighted by molar-refractivity contribution is 7.88. The van der Waals surface area contributed by atoms with E-state index in [9.17, 15) is 18.6 Å². The van der Waals surface area contributed by atoms with E-state index >= 15 is 0 Å². The lowest BCUT2D eigenvalue weighted by atomic mass is 10.2. The Bertz CT molecular complexity index is 769. The van der Waals surface area contributed by atoms with Crippen LogP contribution in [0.1, 0.15) is 20.8 Å². The number of rotatable bonds is 7. The van der Waals surface area contributed by atoms with Gasteiger partial charge in [-0.05, 0) is 26.0 Å². The molecule has 8 heteroatoms. The van der Waals surface area contributed by atoms with Crippen LogP contribution in [0.5, 0.6) is 0 Å². The van der Waals surface area contributed by atoms with E-state index in [1.54, 1.807) is 38.1 Å². The number of hydrogen-bond acceptors (Lipinski definition) is 6. The maximum Gasteiger partial charge on any atom is 0.332 e. The second kappa shape index (κ2) is 10.3. The highest BCUT2D eigenvalue weighted by Crippen LogP contribution is 2.27. The molecule has 0 aromatic heterocycles. The van der Waals surface area contributed by atoms with E-state index in [-0.39, 0.29) is 12.5 Å². The zero-order valence-corrected chi connectivity index (χ0v) is 15.9. The average molecular weight is 379 g/mol. The van der Waals surface area contributed by atoms with Gasteiger partial charge in [-0.25, -0.2) is 13.8 Å². The van der Waals surface area contributed by atoms with Crippen molar-refractivity contribution < 1.29 is 28.1 Å². The third-order valence-electron chi connectivity index (χ3n) is 3.13. The predicted octanol–water partition coefficient (Wildman–Crippen LogP) is 2.30. The van der Waals surface area contributed by atoms with Crippen LogP contribution in [0.15, 0.2) is 52.4 Å². The molecule has 1 atom stereocenters. The molecule has 0 aliphatic carbocycles. The Morgan fingerprint density at radius 2 is 1.81 bits per heavy atom. The van der Waals surface area contributed by atoms with Crippen molar-refractivity contribution in [3.63, 3.8) is 0 Å².